The van der Waals surface area contributed by atoms with E-state index in [1.807, 2.05) is 20.8 Å². The molecule has 0 unspecified atom stereocenters. The Morgan fingerprint density at radius 2 is 2.00 bits per heavy atom. The van der Waals surface area contributed by atoms with Gasteiger partial charge in [-0.15, -0.1) is 0 Å². The van der Waals surface area contributed by atoms with Crippen LogP contribution in [0, 0.1) is 5.92 Å². The van der Waals surface area contributed by atoms with Crippen LogP contribution in [0.15, 0.2) is 0 Å². The predicted molar refractivity (Wildman–Crippen MR) is 61.2 cm³/mol. The van der Waals surface area contributed by atoms with Crippen LogP contribution in [0.25, 0.3) is 0 Å². The van der Waals surface area contributed by atoms with Gasteiger partial charge in [0.2, 0.25) is 0 Å². The van der Waals surface area contributed by atoms with Crippen LogP contribution in [0.1, 0.15) is 40.0 Å². The summed E-state index contributed by atoms with van der Waals surface area (Å²) in [6, 6.07) is 0. The first kappa shape index (κ1) is 13.0. The molecule has 4 nitrogen and oxygen atoms in total. The van der Waals surface area contributed by atoms with E-state index < -0.39 is 5.60 Å². The molecule has 4 heteroatoms. The van der Waals surface area contributed by atoms with Crippen molar-refractivity contribution in [2.24, 2.45) is 5.92 Å². The van der Waals surface area contributed by atoms with E-state index in [2.05, 4.69) is 0 Å². The molecular weight excluding hydrogens is 206 g/mol. The van der Waals surface area contributed by atoms with Crippen molar-refractivity contribution in [3.63, 3.8) is 0 Å². The smallest absolute Gasteiger partial charge is 0.410 e. The first-order valence-electron chi connectivity index (χ1n) is 5.85. The minimum atomic E-state index is -0.451. The van der Waals surface area contributed by atoms with Crippen LogP contribution in [0.4, 0.5) is 4.79 Å². The zero-order valence-corrected chi connectivity index (χ0v) is 10.4. The summed E-state index contributed by atoms with van der Waals surface area (Å²) >= 11 is 0. The van der Waals surface area contributed by atoms with Crippen LogP contribution in [-0.2, 0) is 9.53 Å². The minimum Gasteiger partial charge on any atom is -0.444 e. The summed E-state index contributed by atoms with van der Waals surface area (Å²) < 4.78 is 5.30. The van der Waals surface area contributed by atoms with Crippen LogP contribution < -0.4 is 0 Å². The first-order chi connectivity index (χ1) is 7.42. The average molecular weight is 227 g/mol. The molecule has 92 valence electrons. The zero-order valence-electron chi connectivity index (χ0n) is 10.4. The van der Waals surface area contributed by atoms with E-state index in [1.165, 1.54) is 0 Å². The topological polar surface area (TPSA) is 46.6 Å². The highest BCUT2D eigenvalue weighted by Gasteiger charge is 2.24. The number of likely N-dealkylation sites (tertiary alicyclic amines) is 1. The van der Waals surface area contributed by atoms with E-state index in [0.717, 1.165) is 25.5 Å². The Bertz CT molecular complexity index is 257. The third-order valence-electron chi connectivity index (χ3n) is 2.62. The van der Waals surface area contributed by atoms with Gasteiger partial charge in [0.05, 0.1) is 0 Å². The molecule has 1 heterocycles. The highest BCUT2D eigenvalue weighted by atomic mass is 16.6. The normalized spacial score (nSPS) is 22.4. The van der Waals surface area contributed by atoms with Crippen molar-refractivity contribution in [1.29, 1.82) is 0 Å². The van der Waals surface area contributed by atoms with Gasteiger partial charge >= 0.3 is 6.09 Å². The number of amides is 1. The molecule has 0 aromatic carbocycles. The second-order valence-electron chi connectivity index (χ2n) is 5.29. The summed E-state index contributed by atoms with van der Waals surface area (Å²) in [5.41, 5.74) is -0.451. The lowest BCUT2D eigenvalue weighted by Gasteiger charge is -2.26. The highest BCUT2D eigenvalue weighted by molar-refractivity contribution is 5.68. The van der Waals surface area contributed by atoms with Crippen molar-refractivity contribution in [2.75, 3.05) is 13.1 Å². The predicted octanol–water partition coefficient (Wildman–Crippen LogP) is 2.22. The van der Waals surface area contributed by atoms with E-state index >= 15 is 0 Å². The lowest BCUT2D eigenvalue weighted by Crippen LogP contribution is -2.37. The SMILES string of the molecule is CC(C)(C)OC(=O)N1CCC[C@H](C=O)CC1. The number of aldehydes is 1. The number of hydrogen-bond acceptors (Lipinski definition) is 3. The molecule has 1 aliphatic rings. The van der Waals surface area contributed by atoms with Crippen molar-refractivity contribution in [3.8, 4) is 0 Å². The van der Waals surface area contributed by atoms with Crippen LogP contribution in [-0.4, -0.2) is 36.0 Å². The van der Waals surface area contributed by atoms with Gasteiger partial charge in [-0.1, -0.05) is 0 Å². The van der Waals surface area contributed by atoms with Crippen molar-refractivity contribution in [3.05, 3.63) is 0 Å². The fourth-order valence-electron chi connectivity index (χ4n) is 1.77. The molecule has 16 heavy (non-hydrogen) atoms. The van der Waals surface area contributed by atoms with E-state index in [1.54, 1.807) is 4.90 Å². The van der Waals surface area contributed by atoms with Gasteiger partial charge in [-0.25, -0.2) is 4.79 Å². The fraction of sp³-hybridized carbons (Fsp3) is 0.833. The molecule has 0 aromatic heterocycles. The van der Waals surface area contributed by atoms with E-state index in [0.29, 0.717) is 13.1 Å². The molecular formula is C12H21NO3. The Labute approximate surface area is 96.9 Å². The van der Waals surface area contributed by atoms with Crippen molar-refractivity contribution < 1.29 is 14.3 Å². The van der Waals surface area contributed by atoms with Crippen molar-refractivity contribution >= 4 is 12.4 Å². The largest absolute Gasteiger partial charge is 0.444 e. The standard InChI is InChI=1S/C12H21NO3/c1-12(2,3)16-11(15)13-7-4-5-10(9-14)6-8-13/h9-10H,4-8H2,1-3H3/t10-/m0/s1. The number of nitrogens with zero attached hydrogens (tertiary/aromatic N) is 1. The number of carbonyl (C=O) groups excluding carboxylic acids is 2. The number of ether oxygens (including phenoxy) is 1. The third kappa shape index (κ3) is 4.21. The fourth-order valence-corrected chi connectivity index (χ4v) is 1.77. The Hall–Kier alpha value is -1.06. The van der Waals surface area contributed by atoms with Crippen LogP contribution >= 0.6 is 0 Å². The quantitative estimate of drug-likeness (QED) is 0.645. The van der Waals surface area contributed by atoms with E-state index in [9.17, 15) is 9.59 Å². The summed E-state index contributed by atoms with van der Waals surface area (Å²) in [6.45, 7) is 6.89. The summed E-state index contributed by atoms with van der Waals surface area (Å²) in [7, 11) is 0. The molecule has 1 atom stereocenters. The molecule has 1 rings (SSSR count). The summed E-state index contributed by atoms with van der Waals surface area (Å²) in [4.78, 5) is 24.2. The molecule has 1 amide bonds. The molecule has 0 saturated carbocycles. The summed E-state index contributed by atoms with van der Waals surface area (Å²) in [5.74, 6) is 0.104. The molecule has 0 N–H and O–H groups in total. The Kier molecular flexibility index (Phi) is 4.33. The maximum atomic E-state index is 11.8. The summed E-state index contributed by atoms with van der Waals surface area (Å²) in [6.07, 6.45) is 3.24. The minimum absolute atomic E-state index is 0.104. The maximum absolute atomic E-state index is 11.8. The maximum Gasteiger partial charge on any atom is 0.410 e. The third-order valence-corrected chi connectivity index (χ3v) is 2.62. The summed E-state index contributed by atoms with van der Waals surface area (Å²) in [5, 5.41) is 0. The van der Waals surface area contributed by atoms with Gasteiger partial charge < -0.3 is 14.4 Å². The average Bonchev–Trinajstić information content (AvgIpc) is 2.39. The van der Waals surface area contributed by atoms with Crippen LogP contribution in [0.5, 0.6) is 0 Å². The Morgan fingerprint density at radius 1 is 1.31 bits per heavy atom. The van der Waals surface area contributed by atoms with Gasteiger partial charge in [0.15, 0.2) is 0 Å². The monoisotopic (exact) mass is 227 g/mol. The van der Waals surface area contributed by atoms with Crippen molar-refractivity contribution in [1.82, 2.24) is 4.90 Å². The first-order valence-corrected chi connectivity index (χ1v) is 5.85. The second kappa shape index (κ2) is 5.32. The Morgan fingerprint density at radius 3 is 2.56 bits per heavy atom. The molecule has 1 saturated heterocycles. The molecule has 0 radical (unpaired) electrons. The molecule has 0 aliphatic carbocycles. The van der Waals surface area contributed by atoms with Crippen molar-refractivity contribution in [2.45, 2.75) is 45.6 Å². The van der Waals surface area contributed by atoms with E-state index in [-0.39, 0.29) is 12.0 Å². The molecule has 0 aromatic rings. The second-order valence-corrected chi connectivity index (χ2v) is 5.29. The number of rotatable bonds is 1. The molecule has 0 bridgehead atoms. The van der Waals surface area contributed by atoms with Crippen LogP contribution in [0.3, 0.4) is 0 Å². The van der Waals surface area contributed by atoms with Gasteiger partial charge in [-0.2, -0.15) is 0 Å². The van der Waals surface area contributed by atoms with Gasteiger partial charge in [-0.3, -0.25) is 0 Å². The van der Waals surface area contributed by atoms with Gasteiger partial charge in [0.1, 0.15) is 11.9 Å². The zero-order chi connectivity index (χ0) is 12.2. The number of carbonyl (C=O) groups is 2. The van der Waals surface area contributed by atoms with Gasteiger partial charge in [0.25, 0.3) is 0 Å². The lowest BCUT2D eigenvalue weighted by molar-refractivity contribution is -0.111. The lowest BCUT2D eigenvalue weighted by atomic mass is 10.0. The highest BCUT2D eigenvalue weighted by Crippen LogP contribution is 2.17. The molecule has 1 fully saturated rings. The molecule has 1 aliphatic heterocycles. The van der Waals surface area contributed by atoms with Crippen LogP contribution in [0.2, 0.25) is 0 Å². The number of hydrogen-bond donors (Lipinski definition) is 0. The molecule has 0 spiro atoms. The van der Waals surface area contributed by atoms with Gasteiger partial charge in [-0.05, 0) is 40.0 Å². The Balaban J connectivity index is 2.48. The van der Waals surface area contributed by atoms with E-state index in [4.69, 9.17) is 4.74 Å². The van der Waals surface area contributed by atoms with Gasteiger partial charge in [0, 0.05) is 19.0 Å².